The van der Waals surface area contributed by atoms with Crippen molar-refractivity contribution in [1.29, 1.82) is 0 Å². The lowest BCUT2D eigenvalue weighted by molar-refractivity contribution is 0.617. The molecule has 0 radical (unpaired) electrons. The second-order valence-corrected chi connectivity index (χ2v) is 9.90. The van der Waals surface area contributed by atoms with Crippen LogP contribution in [-0.2, 0) is 5.75 Å². The lowest BCUT2D eigenvalue weighted by Gasteiger charge is -2.14. The average Bonchev–Trinajstić information content (AvgIpc) is 3.39. The molecule has 0 N–H and O–H groups in total. The van der Waals surface area contributed by atoms with E-state index in [0.717, 1.165) is 21.1 Å². The van der Waals surface area contributed by atoms with Crippen molar-refractivity contribution in [3.63, 3.8) is 0 Å². The predicted molar refractivity (Wildman–Crippen MR) is 131 cm³/mol. The van der Waals surface area contributed by atoms with Gasteiger partial charge in [-0.2, -0.15) is 0 Å². The molecule has 0 amide bonds. The maximum Gasteiger partial charge on any atom is 0.217 e. The first-order valence-electron chi connectivity index (χ1n) is 10.3. The molecule has 1 atom stereocenters. The zero-order chi connectivity index (χ0) is 22.9. The molecular formula is C25H18ClF2N3S2. The molecule has 0 aliphatic carbocycles. The van der Waals surface area contributed by atoms with Gasteiger partial charge in [0.1, 0.15) is 11.6 Å². The Hall–Kier alpha value is -2.74. The van der Waals surface area contributed by atoms with E-state index in [0.29, 0.717) is 21.5 Å². The van der Waals surface area contributed by atoms with Crippen molar-refractivity contribution in [2.75, 3.05) is 0 Å². The largest absolute Gasteiger partial charge is 0.260 e. The normalized spacial score (nSPS) is 12.4. The molecule has 33 heavy (non-hydrogen) atoms. The van der Waals surface area contributed by atoms with E-state index < -0.39 is 0 Å². The van der Waals surface area contributed by atoms with E-state index in [2.05, 4.69) is 29.3 Å². The fourth-order valence-corrected chi connectivity index (χ4v) is 6.24. The summed E-state index contributed by atoms with van der Waals surface area (Å²) >= 11 is 9.14. The number of rotatable bonds is 6. The molecule has 0 bridgehead atoms. The molecule has 0 aliphatic heterocycles. The summed E-state index contributed by atoms with van der Waals surface area (Å²) in [6.45, 7) is 2.15. The molecule has 0 saturated carbocycles. The maximum absolute atomic E-state index is 14.3. The van der Waals surface area contributed by atoms with Crippen LogP contribution >= 0.6 is 34.7 Å². The first-order chi connectivity index (χ1) is 16.0. The van der Waals surface area contributed by atoms with Crippen LogP contribution in [0.4, 0.5) is 8.78 Å². The Balaban J connectivity index is 1.62. The number of hydrogen-bond acceptors (Lipinski definition) is 4. The van der Waals surface area contributed by atoms with Crippen molar-refractivity contribution in [2.24, 2.45) is 0 Å². The minimum absolute atomic E-state index is 0.0943. The van der Waals surface area contributed by atoms with Crippen molar-refractivity contribution < 1.29 is 8.78 Å². The van der Waals surface area contributed by atoms with Crippen molar-refractivity contribution >= 4 is 39.7 Å². The van der Waals surface area contributed by atoms with Gasteiger partial charge in [-0.25, -0.2) is 8.78 Å². The molecule has 0 saturated heterocycles. The molecule has 166 valence electrons. The molecule has 0 fully saturated rings. The van der Waals surface area contributed by atoms with Crippen molar-refractivity contribution in [1.82, 2.24) is 14.6 Å². The molecule has 0 aliphatic rings. The van der Waals surface area contributed by atoms with E-state index in [-0.39, 0.29) is 17.6 Å². The molecular weight excluding hydrogens is 480 g/mol. The van der Waals surface area contributed by atoms with Crippen molar-refractivity contribution in [3.05, 3.63) is 105 Å². The molecule has 5 rings (SSSR count). The van der Waals surface area contributed by atoms with E-state index in [9.17, 15) is 8.78 Å². The topological polar surface area (TPSA) is 30.2 Å². The van der Waals surface area contributed by atoms with E-state index in [4.69, 9.17) is 11.6 Å². The monoisotopic (exact) mass is 497 g/mol. The summed E-state index contributed by atoms with van der Waals surface area (Å²) in [6, 6.07) is 21.3. The zero-order valence-corrected chi connectivity index (χ0v) is 19.9. The van der Waals surface area contributed by atoms with Crippen LogP contribution in [0.2, 0.25) is 5.02 Å². The number of aromatic nitrogens is 3. The van der Waals surface area contributed by atoms with Gasteiger partial charge >= 0.3 is 0 Å². The summed E-state index contributed by atoms with van der Waals surface area (Å²) in [7, 11) is 0. The number of halogens is 3. The third-order valence-corrected chi connectivity index (χ3v) is 8.00. The Kier molecular flexibility index (Phi) is 6.19. The first kappa shape index (κ1) is 22.1. The van der Waals surface area contributed by atoms with Crippen molar-refractivity contribution in [2.45, 2.75) is 23.8 Å². The van der Waals surface area contributed by atoms with Gasteiger partial charge in [0.2, 0.25) is 4.96 Å². The minimum atomic E-state index is -0.349. The quantitative estimate of drug-likeness (QED) is 0.224. The molecule has 5 aromatic rings. The molecule has 0 spiro atoms. The Bertz CT molecular complexity index is 1400. The van der Waals surface area contributed by atoms with Gasteiger partial charge in [-0.1, -0.05) is 78.0 Å². The highest BCUT2D eigenvalue weighted by molar-refractivity contribution is 7.98. The zero-order valence-electron chi connectivity index (χ0n) is 17.5. The van der Waals surface area contributed by atoms with E-state index in [1.807, 2.05) is 22.6 Å². The summed E-state index contributed by atoms with van der Waals surface area (Å²) in [5, 5.41) is 9.75. The standard InChI is InChI=1S/C25H18ClF2N3S2/c1-15(16-6-3-2-4-7-16)23-22(17-10-12-18(27)13-11-17)31-24(29-30-25(31)33-23)32-14-19-20(26)8-5-9-21(19)28/h2-13,15H,14H2,1H3. The highest BCUT2D eigenvalue weighted by atomic mass is 35.5. The molecule has 2 aromatic heterocycles. The number of thioether (sulfide) groups is 1. The van der Waals surface area contributed by atoms with E-state index in [1.54, 1.807) is 35.6 Å². The van der Waals surface area contributed by atoms with E-state index >= 15 is 0 Å². The van der Waals surface area contributed by atoms with Gasteiger partial charge in [0, 0.05) is 32.7 Å². The fraction of sp³-hybridized carbons (Fsp3) is 0.120. The molecule has 1 unspecified atom stereocenters. The summed E-state index contributed by atoms with van der Waals surface area (Å²) in [5.74, 6) is -0.236. The minimum Gasteiger partial charge on any atom is -0.260 e. The van der Waals surface area contributed by atoms with Crippen LogP contribution in [0.3, 0.4) is 0 Å². The number of nitrogens with zero attached hydrogens (tertiary/aromatic N) is 3. The Morgan fingerprint density at radius 1 is 0.970 bits per heavy atom. The highest BCUT2D eigenvalue weighted by Gasteiger charge is 2.24. The van der Waals surface area contributed by atoms with Crippen molar-refractivity contribution in [3.8, 4) is 11.3 Å². The lowest BCUT2D eigenvalue weighted by atomic mass is 9.96. The van der Waals surface area contributed by atoms with Gasteiger partial charge in [0.05, 0.1) is 5.69 Å². The third kappa shape index (κ3) is 4.28. The number of fused-ring (bicyclic) bond motifs is 1. The number of hydrogen-bond donors (Lipinski definition) is 0. The summed E-state index contributed by atoms with van der Waals surface area (Å²) in [5.41, 5.74) is 3.38. The van der Waals surface area contributed by atoms with Gasteiger partial charge in [0.15, 0.2) is 5.16 Å². The third-order valence-electron chi connectivity index (χ3n) is 5.48. The summed E-state index contributed by atoms with van der Waals surface area (Å²) in [6.07, 6.45) is 0. The summed E-state index contributed by atoms with van der Waals surface area (Å²) < 4.78 is 30.0. The lowest BCUT2D eigenvalue weighted by Crippen LogP contribution is -1.99. The maximum atomic E-state index is 14.3. The fourth-order valence-electron chi connectivity index (χ4n) is 3.74. The Morgan fingerprint density at radius 3 is 2.45 bits per heavy atom. The number of thiazole rings is 1. The summed E-state index contributed by atoms with van der Waals surface area (Å²) in [4.78, 5) is 1.83. The molecule has 8 heteroatoms. The van der Waals surface area contributed by atoms with Crippen LogP contribution in [0, 0.1) is 11.6 Å². The van der Waals surface area contributed by atoms with Gasteiger partial charge in [-0.3, -0.25) is 4.40 Å². The van der Waals surface area contributed by atoms with Gasteiger partial charge in [0.25, 0.3) is 0 Å². The predicted octanol–water partition coefficient (Wildman–Crippen LogP) is 7.83. The highest BCUT2D eigenvalue weighted by Crippen LogP contribution is 2.41. The number of benzene rings is 3. The molecule has 3 aromatic carbocycles. The van der Waals surface area contributed by atoms with Crippen LogP contribution in [0.15, 0.2) is 78.0 Å². The average molecular weight is 498 g/mol. The second-order valence-electron chi connectivity index (χ2n) is 7.54. The molecule has 2 heterocycles. The Morgan fingerprint density at radius 2 is 1.73 bits per heavy atom. The second kappa shape index (κ2) is 9.25. The van der Waals surface area contributed by atoms with Crippen LogP contribution < -0.4 is 0 Å². The van der Waals surface area contributed by atoms with Crippen LogP contribution in [-0.4, -0.2) is 14.6 Å². The molecule has 3 nitrogen and oxygen atoms in total. The first-order valence-corrected chi connectivity index (χ1v) is 12.5. The van der Waals surface area contributed by atoms with Gasteiger partial charge in [-0.05, 0) is 42.0 Å². The Labute approximate surface area is 203 Å². The van der Waals surface area contributed by atoms with E-state index in [1.165, 1.54) is 35.5 Å². The van der Waals surface area contributed by atoms with Crippen LogP contribution in [0.25, 0.3) is 16.2 Å². The van der Waals surface area contributed by atoms with Gasteiger partial charge in [-0.15, -0.1) is 10.2 Å². The van der Waals surface area contributed by atoms with Crippen LogP contribution in [0.1, 0.15) is 28.8 Å². The van der Waals surface area contributed by atoms with Crippen LogP contribution in [0.5, 0.6) is 0 Å². The SMILES string of the molecule is CC(c1ccccc1)c1sc2nnc(SCc3c(F)cccc3Cl)n2c1-c1ccc(F)cc1. The smallest absolute Gasteiger partial charge is 0.217 e. The van der Waals surface area contributed by atoms with Gasteiger partial charge < -0.3 is 0 Å².